The number of quaternary nitrogens is 1. The van der Waals surface area contributed by atoms with Crippen molar-refractivity contribution in [2.45, 2.75) is 13.0 Å². The highest BCUT2D eigenvalue weighted by atomic mass is 16.5. The van der Waals surface area contributed by atoms with E-state index in [1.54, 1.807) is 18.1 Å². The molecular weight excluding hydrogens is 336 g/mol. The van der Waals surface area contributed by atoms with E-state index in [1.807, 2.05) is 18.2 Å². The van der Waals surface area contributed by atoms with Crippen LogP contribution in [0.3, 0.4) is 0 Å². The number of morpholine rings is 1. The Hall–Kier alpha value is -2.38. The van der Waals surface area contributed by atoms with Gasteiger partial charge in [-0.15, -0.1) is 0 Å². The molecule has 0 saturated carbocycles. The zero-order valence-electron chi connectivity index (χ0n) is 15.2. The molecule has 0 aromatic heterocycles. The number of hydrogen-bond donors (Lipinski definition) is 2. The minimum Gasteiger partial charge on any atom is -0.503 e. The summed E-state index contributed by atoms with van der Waals surface area (Å²) < 4.78 is 10.8. The third-order valence-electron chi connectivity index (χ3n) is 5.02. The number of ether oxygens (including phenoxy) is 2. The molecule has 1 aromatic rings. The number of Topliss-reactive ketones (excluding diaryl/α,β-unsaturated/α-hetero) is 1. The third kappa shape index (κ3) is 3.45. The van der Waals surface area contributed by atoms with Gasteiger partial charge in [0.1, 0.15) is 18.8 Å². The van der Waals surface area contributed by atoms with E-state index in [9.17, 15) is 14.7 Å². The van der Waals surface area contributed by atoms with E-state index in [4.69, 9.17) is 9.47 Å². The van der Waals surface area contributed by atoms with Gasteiger partial charge in [0.15, 0.2) is 11.5 Å². The number of para-hydroxylation sites is 1. The topological polar surface area (TPSA) is 80.5 Å². The first kappa shape index (κ1) is 18.4. The van der Waals surface area contributed by atoms with E-state index in [1.165, 1.54) is 11.8 Å². The number of benzene rings is 1. The van der Waals surface area contributed by atoms with Crippen LogP contribution in [0.4, 0.5) is 0 Å². The van der Waals surface area contributed by atoms with Gasteiger partial charge in [-0.25, -0.2) is 0 Å². The fourth-order valence-corrected chi connectivity index (χ4v) is 3.65. The highest BCUT2D eigenvalue weighted by Gasteiger charge is 2.43. The summed E-state index contributed by atoms with van der Waals surface area (Å²) in [5.74, 6) is -0.681. The average Bonchev–Trinajstić information content (AvgIpc) is 2.91. The van der Waals surface area contributed by atoms with Crippen molar-refractivity contribution in [2.75, 3.05) is 46.5 Å². The van der Waals surface area contributed by atoms with Crippen molar-refractivity contribution in [3.8, 4) is 5.75 Å². The van der Waals surface area contributed by atoms with Crippen LogP contribution in [0.1, 0.15) is 18.5 Å². The molecule has 1 fully saturated rings. The van der Waals surface area contributed by atoms with Gasteiger partial charge in [0, 0.05) is 5.56 Å². The van der Waals surface area contributed by atoms with E-state index < -0.39 is 17.7 Å². The van der Waals surface area contributed by atoms with E-state index in [0.717, 1.165) is 19.6 Å². The average molecular weight is 361 g/mol. The maximum absolute atomic E-state index is 12.7. The molecule has 0 bridgehead atoms. The van der Waals surface area contributed by atoms with Crippen LogP contribution in [-0.4, -0.2) is 68.2 Å². The van der Waals surface area contributed by atoms with Crippen LogP contribution in [0, 0.1) is 0 Å². The van der Waals surface area contributed by atoms with Crippen molar-refractivity contribution in [1.82, 2.24) is 4.90 Å². The molecular formula is C19H25N2O5+. The first-order valence-corrected chi connectivity index (χ1v) is 8.83. The highest BCUT2D eigenvalue weighted by Crippen LogP contribution is 2.40. The van der Waals surface area contributed by atoms with Crippen LogP contribution in [-0.2, 0) is 14.3 Å². The van der Waals surface area contributed by atoms with Crippen molar-refractivity contribution >= 4 is 11.7 Å². The molecule has 2 aliphatic rings. The molecule has 0 radical (unpaired) electrons. The van der Waals surface area contributed by atoms with Crippen molar-refractivity contribution < 1.29 is 29.1 Å². The van der Waals surface area contributed by atoms with E-state index in [2.05, 4.69) is 0 Å². The smallest absolute Gasteiger partial charge is 0.290 e. The van der Waals surface area contributed by atoms with Crippen LogP contribution in [0.5, 0.6) is 5.75 Å². The molecule has 0 spiro atoms. The van der Waals surface area contributed by atoms with Crippen LogP contribution < -0.4 is 9.64 Å². The summed E-state index contributed by atoms with van der Waals surface area (Å²) in [4.78, 5) is 27.8. The van der Waals surface area contributed by atoms with Gasteiger partial charge in [-0.05, 0) is 13.0 Å². The fourth-order valence-electron chi connectivity index (χ4n) is 3.65. The lowest BCUT2D eigenvalue weighted by molar-refractivity contribution is -0.907. The van der Waals surface area contributed by atoms with E-state index in [0.29, 0.717) is 31.1 Å². The molecule has 7 heteroatoms. The van der Waals surface area contributed by atoms with Gasteiger partial charge in [0.2, 0.25) is 0 Å². The zero-order valence-corrected chi connectivity index (χ0v) is 15.2. The number of nitrogens with one attached hydrogen (secondary N) is 1. The van der Waals surface area contributed by atoms with Crippen molar-refractivity contribution in [2.24, 2.45) is 0 Å². The summed E-state index contributed by atoms with van der Waals surface area (Å²) in [7, 11) is 1.55. The van der Waals surface area contributed by atoms with Crippen LogP contribution in [0.2, 0.25) is 0 Å². The lowest BCUT2D eigenvalue weighted by Gasteiger charge is -2.30. The normalized spacial score (nSPS) is 21.4. The summed E-state index contributed by atoms with van der Waals surface area (Å²) in [6, 6.07) is 6.65. The Morgan fingerprint density at radius 1 is 1.35 bits per heavy atom. The number of ketones is 1. The molecule has 2 heterocycles. The lowest BCUT2D eigenvalue weighted by Crippen LogP contribution is -3.14. The minimum atomic E-state index is -0.628. The van der Waals surface area contributed by atoms with Gasteiger partial charge < -0.3 is 24.4 Å². The number of rotatable bonds is 6. The number of carbonyl (C=O) groups excluding carboxylic acids is 2. The molecule has 1 saturated heterocycles. The highest BCUT2D eigenvalue weighted by molar-refractivity contribution is 6.08. The van der Waals surface area contributed by atoms with Crippen molar-refractivity contribution in [3.05, 3.63) is 41.2 Å². The molecule has 2 N–H and O–H groups in total. The monoisotopic (exact) mass is 361 g/mol. The molecule has 3 rings (SSSR count). The maximum Gasteiger partial charge on any atom is 0.290 e. The first-order valence-electron chi connectivity index (χ1n) is 8.83. The van der Waals surface area contributed by atoms with Crippen molar-refractivity contribution in [3.63, 3.8) is 0 Å². The summed E-state index contributed by atoms with van der Waals surface area (Å²) in [5, 5.41) is 10.3. The minimum absolute atomic E-state index is 0.136. The Morgan fingerprint density at radius 2 is 2.04 bits per heavy atom. The van der Waals surface area contributed by atoms with Crippen LogP contribution in [0.25, 0.3) is 0 Å². The molecule has 1 amide bonds. The number of carbonyl (C=O) groups is 2. The molecule has 2 aliphatic heterocycles. The second-order valence-corrected chi connectivity index (χ2v) is 6.57. The lowest BCUT2D eigenvalue weighted by atomic mass is 9.96. The molecule has 0 unspecified atom stereocenters. The first-order chi connectivity index (χ1) is 12.5. The quantitative estimate of drug-likeness (QED) is 0.739. The summed E-state index contributed by atoms with van der Waals surface area (Å²) in [6.07, 6.45) is 0. The predicted octanol–water partition coefficient (Wildman–Crippen LogP) is -0.105. The fraction of sp³-hybridized carbons (Fsp3) is 0.474. The summed E-state index contributed by atoms with van der Waals surface area (Å²) >= 11 is 0. The van der Waals surface area contributed by atoms with E-state index >= 15 is 0 Å². The summed E-state index contributed by atoms with van der Waals surface area (Å²) in [5.41, 5.74) is 0.839. The Labute approximate surface area is 152 Å². The molecule has 1 aromatic carbocycles. The van der Waals surface area contributed by atoms with Gasteiger partial charge in [-0.2, -0.15) is 0 Å². The third-order valence-corrected chi connectivity index (χ3v) is 5.02. The standard InChI is InChI=1S/C19H24N2O5/c1-13(22)16-17(14-5-3-4-6-15(14)25-2)21(19(24)18(16)23)8-7-20-9-11-26-12-10-20/h3-6,17,23H,7-12H2,1-2H3/p+1/t17-/m0/s1. The van der Waals surface area contributed by atoms with Gasteiger partial charge in [-0.3, -0.25) is 9.59 Å². The van der Waals surface area contributed by atoms with E-state index in [-0.39, 0.29) is 11.4 Å². The SMILES string of the molecule is COc1ccccc1[C@H]1C(C(C)=O)=C(O)C(=O)N1CC[NH+]1CCOCC1. The largest absolute Gasteiger partial charge is 0.503 e. The Bertz CT molecular complexity index is 724. The molecule has 1 atom stereocenters. The van der Waals surface area contributed by atoms with Gasteiger partial charge >= 0.3 is 0 Å². The van der Waals surface area contributed by atoms with Crippen molar-refractivity contribution in [1.29, 1.82) is 0 Å². The molecule has 0 aliphatic carbocycles. The number of hydrogen-bond acceptors (Lipinski definition) is 5. The maximum atomic E-state index is 12.7. The molecule has 26 heavy (non-hydrogen) atoms. The van der Waals surface area contributed by atoms with Gasteiger partial charge in [0.05, 0.1) is 45.0 Å². The van der Waals surface area contributed by atoms with Gasteiger partial charge in [0.25, 0.3) is 5.91 Å². The number of methoxy groups -OCH3 is 1. The number of aliphatic hydroxyl groups is 1. The Balaban J connectivity index is 1.91. The predicted molar refractivity (Wildman–Crippen MR) is 94.2 cm³/mol. The second-order valence-electron chi connectivity index (χ2n) is 6.57. The zero-order chi connectivity index (χ0) is 18.7. The van der Waals surface area contributed by atoms with Gasteiger partial charge in [-0.1, -0.05) is 18.2 Å². The second kappa shape index (κ2) is 7.88. The van der Waals surface area contributed by atoms with Crippen LogP contribution in [0.15, 0.2) is 35.6 Å². The van der Waals surface area contributed by atoms with Crippen LogP contribution >= 0.6 is 0 Å². The Kier molecular flexibility index (Phi) is 5.58. The number of aliphatic hydroxyl groups excluding tert-OH is 1. The number of amides is 1. The number of nitrogens with zero attached hydrogens (tertiary/aromatic N) is 1. The summed E-state index contributed by atoms with van der Waals surface area (Å²) in [6.45, 7) is 5.75. The molecule has 140 valence electrons. The Morgan fingerprint density at radius 3 is 2.69 bits per heavy atom. The molecule has 7 nitrogen and oxygen atoms in total.